The van der Waals surface area contributed by atoms with Gasteiger partial charge in [0.2, 0.25) is 0 Å². The number of nitrogens with zero attached hydrogens (tertiary/aromatic N) is 2. The van der Waals surface area contributed by atoms with E-state index in [2.05, 4.69) is 5.32 Å². The maximum absolute atomic E-state index is 13.8. The molecular formula is C24H26FN3O4. The number of nitrogens with one attached hydrogen (secondary N) is 1. The number of anilines is 1. The highest BCUT2D eigenvalue weighted by atomic mass is 19.1. The first kappa shape index (κ1) is 22.0. The number of imide groups is 1. The van der Waals surface area contributed by atoms with E-state index in [1.807, 2.05) is 0 Å². The summed E-state index contributed by atoms with van der Waals surface area (Å²) in [6, 6.07) is 11.1. The Bertz CT molecular complexity index is 1040. The average Bonchev–Trinajstić information content (AvgIpc) is 3.39. The predicted molar refractivity (Wildman–Crippen MR) is 117 cm³/mol. The van der Waals surface area contributed by atoms with Gasteiger partial charge in [-0.3, -0.25) is 19.3 Å². The Kier molecular flexibility index (Phi) is 6.50. The molecule has 2 aromatic rings. The van der Waals surface area contributed by atoms with Crippen LogP contribution in [0.2, 0.25) is 0 Å². The first-order valence-electron chi connectivity index (χ1n) is 10.8. The highest BCUT2D eigenvalue weighted by molar-refractivity contribution is 6.22. The molecule has 4 rings (SSSR count). The summed E-state index contributed by atoms with van der Waals surface area (Å²) in [7, 11) is 1.80. The van der Waals surface area contributed by atoms with Crippen LogP contribution < -0.4 is 10.2 Å². The summed E-state index contributed by atoms with van der Waals surface area (Å²) in [5.74, 6) is -1.34. The molecule has 0 radical (unpaired) electrons. The summed E-state index contributed by atoms with van der Waals surface area (Å²) in [5, 5.41) is 2.82. The predicted octanol–water partition coefficient (Wildman–Crippen LogP) is 2.86. The monoisotopic (exact) mass is 439 g/mol. The molecule has 7 nitrogen and oxygen atoms in total. The molecule has 2 aliphatic rings. The normalized spacial score (nSPS) is 17.6. The van der Waals surface area contributed by atoms with Crippen LogP contribution >= 0.6 is 0 Å². The number of amides is 3. The van der Waals surface area contributed by atoms with Gasteiger partial charge in [-0.05, 0) is 49.6 Å². The van der Waals surface area contributed by atoms with Crippen molar-refractivity contribution in [2.24, 2.45) is 0 Å². The molecule has 1 fully saturated rings. The fourth-order valence-electron chi connectivity index (χ4n) is 4.09. The minimum atomic E-state index is -0.387. The Labute approximate surface area is 186 Å². The molecule has 2 aliphatic heterocycles. The van der Waals surface area contributed by atoms with Crippen molar-refractivity contribution in [1.82, 2.24) is 10.2 Å². The summed E-state index contributed by atoms with van der Waals surface area (Å²) < 4.78 is 19.4. The molecular weight excluding hydrogens is 413 g/mol. The van der Waals surface area contributed by atoms with Crippen molar-refractivity contribution in [1.29, 1.82) is 0 Å². The molecule has 0 bridgehead atoms. The van der Waals surface area contributed by atoms with Crippen molar-refractivity contribution in [2.75, 3.05) is 38.2 Å². The average molecular weight is 439 g/mol. The molecule has 0 aliphatic carbocycles. The van der Waals surface area contributed by atoms with Gasteiger partial charge < -0.3 is 15.0 Å². The van der Waals surface area contributed by atoms with Gasteiger partial charge in [0.1, 0.15) is 5.82 Å². The molecule has 8 heteroatoms. The van der Waals surface area contributed by atoms with Gasteiger partial charge in [0.15, 0.2) is 0 Å². The van der Waals surface area contributed by atoms with Gasteiger partial charge in [-0.15, -0.1) is 0 Å². The Morgan fingerprint density at radius 2 is 1.97 bits per heavy atom. The van der Waals surface area contributed by atoms with Gasteiger partial charge in [-0.1, -0.05) is 12.1 Å². The van der Waals surface area contributed by atoms with E-state index in [4.69, 9.17) is 4.74 Å². The van der Waals surface area contributed by atoms with Gasteiger partial charge in [-0.25, -0.2) is 4.39 Å². The highest BCUT2D eigenvalue weighted by Gasteiger charge is 2.37. The highest BCUT2D eigenvalue weighted by Crippen LogP contribution is 2.26. The van der Waals surface area contributed by atoms with Crippen LogP contribution in [0.4, 0.5) is 10.1 Å². The molecule has 1 unspecified atom stereocenters. The maximum Gasteiger partial charge on any atom is 0.261 e. The molecule has 1 saturated heterocycles. The number of hydrogen-bond acceptors (Lipinski definition) is 5. The minimum Gasteiger partial charge on any atom is -0.376 e. The van der Waals surface area contributed by atoms with E-state index in [9.17, 15) is 18.8 Å². The number of halogens is 1. The Morgan fingerprint density at radius 1 is 1.19 bits per heavy atom. The first-order valence-corrected chi connectivity index (χ1v) is 10.8. The lowest BCUT2D eigenvalue weighted by atomic mass is 10.1. The van der Waals surface area contributed by atoms with Crippen molar-refractivity contribution in [3.8, 4) is 0 Å². The molecule has 1 atom stereocenters. The molecule has 3 amide bonds. The van der Waals surface area contributed by atoms with Crippen LogP contribution in [0.3, 0.4) is 0 Å². The van der Waals surface area contributed by atoms with Crippen molar-refractivity contribution in [3.05, 3.63) is 65.0 Å². The van der Waals surface area contributed by atoms with Crippen molar-refractivity contribution in [3.63, 3.8) is 0 Å². The number of carbonyl (C=O) groups is 3. The molecule has 0 spiro atoms. The molecule has 2 heterocycles. The largest absolute Gasteiger partial charge is 0.376 e. The number of fused-ring (bicyclic) bond motifs is 1. The van der Waals surface area contributed by atoms with Crippen molar-refractivity contribution in [2.45, 2.75) is 25.4 Å². The van der Waals surface area contributed by atoms with Gasteiger partial charge in [-0.2, -0.15) is 0 Å². The standard InChI is InChI=1S/C24H26FN3O4/c1-27(21-8-3-2-7-20(21)25)12-5-11-26-22(29)16-9-10-18-19(14-16)24(31)28(23(18)30)15-17-6-4-13-32-17/h2-3,7-10,14,17H,4-6,11-13,15H2,1H3,(H,26,29). The zero-order chi connectivity index (χ0) is 22.7. The van der Waals surface area contributed by atoms with E-state index in [1.165, 1.54) is 23.1 Å². The lowest BCUT2D eigenvalue weighted by Gasteiger charge is -2.19. The summed E-state index contributed by atoms with van der Waals surface area (Å²) in [5.41, 5.74) is 1.40. The number of rotatable bonds is 8. The zero-order valence-electron chi connectivity index (χ0n) is 18.0. The van der Waals surface area contributed by atoms with Gasteiger partial charge in [0.05, 0.1) is 29.5 Å². The topological polar surface area (TPSA) is 79.0 Å². The van der Waals surface area contributed by atoms with Crippen LogP contribution in [0, 0.1) is 5.82 Å². The third-order valence-electron chi connectivity index (χ3n) is 5.86. The number of ether oxygens (including phenoxy) is 1. The molecule has 32 heavy (non-hydrogen) atoms. The van der Waals surface area contributed by atoms with Gasteiger partial charge in [0, 0.05) is 32.3 Å². The molecule has 168 valence electrons. The van der Waals surface area contributed by atoms with E-state index in [1.54, 1.807) is 36.2 Å². The van der Waals surface area contributed by atoms with Crippen LogP contribution in [0.25, 0.3) is 0 Å². The Balaban J connectivity index is 1.32. The van der Waals surface area contributed by atoms with E-state index < -0.39 is 0 Å². The SMILES string of the molecule is CN(CCCNC(=O)c1ccc2c(c1)C(=O)N(CC1CCCO1)C2=O)c1ccccc1F. The molecule has 2 aromatic carbocycles. The number of benzene rings is 2. The summed E-state index contributed by atoms with van der Waals surface area (Å²) in [6.07, 6.45) is 2.25. The second-order valence-electron chi connectivity index (χ2n) is 8.10. The van der Waals surface area contributed by atoms with Crippen LogP contribution in [-0.4, -0.2) is 62.0 Å². The fraction of sp³-hybridized carbons (Fsp3) is 0.375. The maximum atomic E-state index is 13.8. The smallest absolute Gasteiger partial charge is 0.261 e. The van der Waals surface area contributed by atoms with E-state index >= 15 is 0 Å². The Hall–Kier alpha value is -3.26. The number of carbonyl (C=O) groups excluding carboxylic acids is 3. The second kappa shape index (κ2) is 9.48. The molecule has 0 saturated carbocycles. The number of para-hydroxylation sites is 1. The second-order valence-corrected chi connectivity index (χ2v) is 8.10. The third kappa shape index (κ3) is 4.50. The van der Waals surface area contributed by atoms with Crippen molar-refractivity contribution < 1.29 is 23.5 Å². The van der Waals surface area contributed by atoms with E-state index in [-0.39, 0.29) is 41.8 Å². The first-order chi connectivity index (χ1) is 15.5. The van der Waals surface area contributed by atoms with Crippen molar-refractivity contribution >= 4 is 23.4 Å². The van der Waals surface area contributed by atoms with Crippen LogP contribution in [0.1, 0.15) is 50.3 Å². The van der Waals surface area contributed by atoms with Crippen LogP contribution in [0.5, 0.6) is 0 Å². The summed E-state index contributed by atoms with van der Waals surface area (Å²) in [6.45, 7) is 1.85. The Morgan fingerprint density at radius 3 is 2.72 bits per heavy atom. The lowest BCUT2D eigenvalue weighted by molar-refractivity contribution is 0.0475. The number of hydrogen-bond donors (Lipinski definition) is 1. The summed E-state index contributed by atoms with van der Waals surface area (Å²) >= 11 is 0. The van der Waals surface area contributed by atoms with Gasteiger partial charge in [0.25, 0.3) is 17.7 Å². The van der Waals surface area contributed by atoms with Gasteiger partial charge >= 0.3 is 0 Å². The lowest BCUT2D eigenvalue weighted by Crippen LogP contribution is -2.36. The third-order valence-corrected chi connectivity index (χ3v) is 5.86. The minimum absolute atomic E-state index is 0.123. The van der Waals surface area contributed by atoms with Crippen LogP contribution in [0.15, 0.2) is 42.5 Å². The summed E-state index contributed by atoms with van der Waals surface area (Å²) in [4.78, 5) is 40.9. The quantitative estimate of drug-likeness (QED) is 0.506. The van der Waals surface area contributed by atoms with E-state index in [0.717, 1.165) is 12.8 Å². The zero-order valence-corrected chi connectivity index (χ0v) is 18.0. The fourth-order valence-corrected chi connectivity index (χ4v) is 4.09. The van der Waals surface area contributed by atoms with Crippen LogP contribution in [-0.2, 0) is 4.74 Å². The molecule has 1 N–H and O–H groups in total. The van der Waals surface area contributed by atoms with E-state index in [0.29, 0.717) is 42.9 Å². The molecule has 0 aromatic heterocycles.